The molecule has 0 fully saturated rings. The topological polar surface area (TPSA) is 75.7 Å². The van der Waals surface area contributed by atoms with Crippen molar-refractivity contribution in [3.05, 3.63) is 53.1 Å². The third-order valence-electron chi connectivity index (χ3n) is 4.08. The van der Waals surface area contributed by atoms with E-state index in [1.807, 2.05) is 19.9 Å². The summed E-state index contributed by atoms with van der Waals surface area (Å²) in [7, 11) is -1.86. The van der Waals surface area contributed by atoms with Crippen molar-refractivity contribution in [2.45, 2.75) is 26.4 Å². The highest BCUT2D eigenvalue weighted by molar-refractivity contribution is 7.92. The molecule has 0 saturated carbocycles. The molecule has 2 aromatic carbocycles. The zero-order chi connectivity index (χ0) is 20.2. The second-order valence-corrected chi connectivity index (χ2v) is 8.61. The Morgan fingerprint density at radius 2 is 1.85 bits per heavy atom. The van der Waals surface area contributed by atoms with E-state index in [-0.39, 0.29) is 5.91 Å². The minimum atomic E-state index is -3.33. The summed E-state index contributed by atoms with van der Waals surface area (Å²) in [5.74, 6) is 0.194. The molecule has 1 unspecified atom stereocenters. The van der Waals surface area contributed by atoms with E-state index in [9.17, 15) is 13.2 Å². The lowest BCUT2D eigenvalue weighted by molar-refractivity contribution is -0.122. The second kappa shape index (κ2) is 8.63. The van der Waals surface area contributed by atoms with Crippen LogP contribution in [0, 0.1) is 6.92 Å². The van der Waals surface area contributed by atoms with Crippen LogP contribution in [0.4, 0.5) is 11.4 Å². The van der Waals surface area contributed by atoms with Crippen molar-refractivity contribution in [2.75, 3.05) is 22.9 Å². The van der Waals surface area contributed by atoms with Gasteiger partial charge in [0.25, 0.3) is 5.91 Å². The van der Waals surface area contributed by atoms with Gasteiger partial charge in [-0.2, -0.15) is 0 Å². The van der Waals surface area contributed by atoms with E-state index in [1.54, 1.807) is 36.4 Å². The number of carbonyl (C=O) groups is 1. The maximum absolute atomic E-state index is 12.5. The fourth-order valence-corrected chi connectivity index (χ4v) is 2.99. The van der Waals surface area contributed by atoms with Crippen molar-refractivity contribution in [2.24, 2.45) is 0 Å². The molecule has 0 aliphatic carbocycles. The van der Waals surface area contributed by atoms with Gasteiger partial charge in [0.05, 0.1) is 11.9 Å². The van der Waals surface area contributed by atoms with E-state index in [0.717, 1.165) is 11.8 Å². The molecular weight excluding hydrogens is 388 g/mol. The first-order valence-electron chi connectivity index (χ1n) is 8.39. The summed E-state index contributed by atoms with van der Waals surface area (Å²) in [6.07, 6.45) is 0.909. The number of nitrogens with one attached hydrogen (secondary N) is 1. The lowest BCUT2D eigenvalue weighted by Crippen LogP contribution is -2.32. The second-order valence-electron chi connectivity index (χ2n) is 6.19. The number of aryl methyl sites for hydroxylation is 1. The number of rotatable bonds is 7. The van der Waals surface area contributed by atoms with Gasteiger partial charge in [-0.1, -0.05) is 24.6 Å². The van der Waals surface area contributed by atoms with E-state index < -0.39 is 16.1 Å². The molecule has 2 rings (SSSR count). The first-order chi connectivity index (χ1) is 12.6. The number of hydrogen-bond donors (Lipinski definition) is 1. The molecule has 0 spiro atoms. The minimum absolute atomic E-state index is 0.283. The number of amides is 1. The predicted octanol–water partition coefficient (Wildman–Crippen LogP) is 3.84. The molecule has 1 N–H and O–H groups in total. The highest BCUT2D eigenvalue weighted by Gasteiger charge is 2.19. The van der Waals surface area contributed by atoms with Gasteiger partial charge in [0, 0.05) is 17.8 Å². The summed E-state index contributed by atoms with van der Waals surface area (Å²) in [5.41, 5.74) is 2.04. The molecule has 8 heteroatoms. The van der Waals surface area contributed by atoms with Crippen LogP contribution in [0.1, 0.15) is 18.9 Å². The smallest absolute Gasteiger partial charge is 0.265 e. The maximum Gasteiger partial charge on any atom is 0.265 e. The Balaban J connectivity index is 2.07. The van der Waals surface area contributed by atoms with Gasteiger partial charge in [-0.25, -0.2) is 8.42 Å². The largest absolute Gasteiger partial charge is 0.481 e. The quantitative estimate of drug-likeness (QED) is 0.752. The number of carbonyl (C=O) groups excluding carboxylic acids is 1. The van der Waals surface area contributed by atoms with Gasteiger partial charge < -0.3 is 10.1 Å². The highest BCUT2D eigenvalue weighted by atomic mass is 35.5. The van der Waals surface area contributed by atoms with Gasteiger partial charge >= 0.3 is 0 Å². The Labute approximate surface area is 165 Å². The van der Waals surface area contributed by atoms with Crippen LogP contribution in [0.25, 0.3) is 0 Å². The van der Waals surface area contributed by atoms with Gasteiger partial charge in [-0.05, 0) is 55.3 Å². The minimum Gasteiger partial charge on any atom is -0.481 e. The number of halogens is 1. The number of hydrogen-bond acceptors (Lipinski definition) is 4. The highest BCUT2D eigenvalue weighted by Crippen LogP contribution is 2.23. The van der Waals surface area contributed by atoms with Gasteiger partial charge in [-0.3, -0.25) is 9.10 Å². The zero-order valence-corrected chi connectivity index (χ0v) is 17.3. The first kappa shape index (κ1) is 21.1. The maximum atomic E-state index is 12.5. The summed E-state index contributed by atoms with van der Waals surface area (Å²) >= 11 is 6.08. The van der Waals surface area contributed by atoms with Gasteiger partial charge in [0.15, 0.2) is 6.10 Å². The van der Waals surface area contributed by atoms with Crippen LogP contribution in [0.2, 0.25) is 5.02 Å². The number of anilines is 2. The molecule has 146 valence electrons. The number of ether oxygens (including phenoxy) is 1. The molecule has 2 aromatic rings. The molecular formula is C19H23ClN2O4S. The average molecular weight is 411 g/mol. The Kier molecular flexibility index (Phi) is 6.73. The van der Waals surface area contributed by atoms with E-state index in [0.29, 0.717) is 28.6 Å². The van der Waals surface area contributed by atoms with E-state index in [1.165, 1.54) is 11.4 Å². The van der Waals surface area contributed by atoms with E-state index >= 15 is 0 Å². The lowest BCUT2D eigenvalue weighted by Gasteiger charge is -2.19. The van der Waals surface area contributed by atoms with Crippen molar-refractivity contribution >= 4 is 38.9 Å². The summed E-state index contributed by atoms with van der Waals surface area (Å²) in [6, 6.07) is 11.8. The summed E-state index contributed by atoms with van der Waals surface area (Å²) in [4.78, 5) is 12.5. The monoisotopic (exact) mass is 410 g/mol. The molecule has 0 saturated heterocycles. The summed E-state index contributed by atoms with van der Waals surface area (Å²) in [5, 5.41) is 3.37. The zero-order valence-electron chi connectivity index (χ0n) is 15.7. The van der Waals surface area contributed by atoms with Crippen LogP contribution in [0.15, 0.2) is 42.5 Å². The third-order valence-corrected chi connectivity index (χ3v) is 5.69. The molecule has 0 bridgehead atoms. The summed E-state index contributed by atoms with van der Waals surface area (Å²) < 4.78 is 30.1. The van der Waals surface area contributed by atoms with E-state index in [4.69, 9.17) is 16.3 Å². The summed E-state index contributed by atoms with van der Waals surface area (Å²) in [6.45, 7) is 3.73. The number of nitrogens with zero attached hydrogens (tertiary/aromatic N) is 1. The van der Waals surface area contributed by atoms with Crippen molar-refractivity contribution in [1.29, 1.82) is 0 Å². The number of benzene rings is 2. The fourth-order valence-electron chi connectivity index (χ4n) is 2.31. The van der Waals surface area contributed by atoms with Crippen molar-refractivity contribution in [3.8, 4) is 5.75 Å². The van der Waals surface area contributed by atoms with Crippen molar-refractivity contribution < 1.29 is 17.9 Å². The van der Waals surface area contributed by atoms with Crippen molar-refractivity contribution in [3.63, 3.8) is 0 Å². The first-order valence-corrected chi connectivity index (χ1v) is 10.6. The molecule has 0 aromatic heterocycles. The lowest BCUT2D eigenvalue weighted by atomic mass is 10.2. The van der Waals surface area contributed by atoms with Crippen molar-refractivity contribution in [1.82, 2.24) is 0 Å². The van der Waals surface area contributed by atoms with Gasteiger partial charge in [0.1, 0.15) is 5.75 Å². The SMILES string of the molecule is CCC(Oc1ccc(N(C)S(C)(=O)=O)cc1)C(=O)Nc1ccc(C)c(Cl)c1. The van der Waals surface area contributed by atoms with Gasteiger partial charge in [0.2, 0.25) is 10.0 Å². The van der Waals surface area contributed by atoms with E-state index in [2.05, 4.69) is 5.32 Å². The Hall–Kier alpha value is -2.25. The van der Waals surface area contributed by atoms with Crippen LogP contribution < -0.4 is 14.4 Å². The van der Waals surface area contributed by atoms with Crippen LogP contribution in [0.5, 0.6) is 5.75 Å². The third kappa shape index (κ3) is 5.61. The van der Waals surface area contributed by atoms with Crippen LogP contribution in [0.3, 0.4) is 0 Å². The fraction of sp³-hybridized carbons (Fsp3) is 0.316. The molecule has 27 heavy (non-hydrogen) atoms. The number of sulfonamides is 1. The molecule has 0 aliphatic heterocycles. The van der Waals surface area contributed by atoms with Crippen LogP contribution in [-0.4, -0.2) is 33.7 Å². The van der Waals surface area contributed by atoms with Crippen LogP contribution >= 0.6 is 11.6 Å². The molecule has 1 amide bonds. The Morgan fingerprint density at radius 3 is 2.37 bits per heavy atom. The normalized spacial score (nSPS) is 12.3. The van der Waals surface area contributed by atoms with Gasteiger partial charge in [-0.15, -0.1) is 0 Å². The molecule has 6 nitrogen and oxygen atoms in total. The van der Waals surface area contributed by atoms with Crippen LogP contribution in [-0.2, 0) is 14.8 Å². The molecule has 1 atom stereocenters. The Morgan fingerprint density at radius 1 is 1.22 bits per heavy atom. The molecule has 0 radical (unpaired) electrons. The Bertz CT molecular complexity index is 914. The molecule has 0 heterocycles. The average Bonchev–Trinajstić information content (AvgIpc) is 2.61. The standard InChI is InChI=1S/C19H23ClN2O4S/c1-5-18(19(23)21-14-7-6-13(2)17(20)12-14)26-16-10-8-15(9-11-16)22(3)27(4,24)25/h6-12,18H,5H2,1-4H3,(H,21,23). The predicted molar refractivity (Wildman–Crippen MR) is 109 cm³/mol. The molecule has 0 aliphatic rings.